The maximum absolute atomic E-state index is 11.8. The van der Waals surface area contributed by atoms with Crippen LogP contribution in [0.1, 0.15) is 47.5 Å². The van der Waals surface area contributed by atoms with Gasteiger partial charge in [-0.2, -0.15) is 0 Å². The number of hydrogen-bond donors (Lipinski definition) is 1. The quantitative estimate of drug-likeness (QED) is 0.917. The van der Waals surface area contributed by atoms with E-state index in [0.717, 1.165) is 37.2 Å². The number of methoxy groups -OCH3 is 1. The Morgan fingerprint density at radius 3 is 2.38 bits per heavy atom. The monoisotopic (exact) mass is 331 g/mol. The van der Waals surface area contributed by atoms with Gasteiger partial charge in [-0.3, -0.25) is 9.69 Å². The van der Waals surface area contributed by atoms with Gasteiger partial charge >= 0.3 is 0 Å². The molecule has 1 saturated carbocycles. The summed E-state index contributed by atoms with van der Waals surface area (Å²) < 4.78 is 5.52. The molecule has 1 aromatic carbocycles. The predicted octanol–water partition coefficient (Wildman–Crippen LogP) is 2.07. The third kappa shape index (κ3) is 3.57. The zero-order chi connectivity index (χ0) is 17.1. The van der Waals surface area contributed by atoms with E-state index in [4.69, 9.17) is 10.5 Å². The van der Waals surface area contributed by atoms with Gasteiger partial charge in [0.15, 0.2) is 0 Å². The second-order valence-electron chi connectivity index (χ2n) is 7.13. The molecule has 132 valence electrons. The molecule has 1 aliphatic carbocycles. The van der Waals surface area contributed by atoms with Crippen molar-refractivity contribution in [3.05, 3.63) is 29.3 Å². The lowest BCUT2D eigenvalue weighted by molar-refractivity contribution is 0.0874. The number of primary amides is 1. The number of nitrogens with two attached hydrogens (primary N) is 1. The fraction of sp³-hybridized carbons (Fsp3) is 0.632. The fourth-order valence-corrected chi connectivity index (χ4v) is 4.27. The number of benzene rings is 1. The van der Waals surface area contributed by atoms with Crippen LogP contribution in [0, 0.1) is 0 Å². The van der Waals surface area contributed by atoms with Crippen LogP contribution in [0.4, 0.5) is 0 Å². The highest BCUT2D eigenvalue weighted by atomic mass is 16.5. The Hall–Kier alpha value is -1.59. The van der Waals surface area contributed by atoms with Crippen molar-refractivity contribution in [3.63, 3.8) is 0 Å². The highest BCUT2D eigenvalue weighted by Gasteiger charge is 2.31. The fourth-order valence-electron chi connectivity index (χ4n) is 4.27. The molecule has 2 N–H and O–H groups in total. The van der Waals surface area contributed by atoms with Gasteiger partial charge in [-0.25, -0.2) is 0 Å². The molecule has 1 aliphatic heterocycles. The van der Waals surface area contributed by atoms with Crippen molar-refractivity contribution in [2.45, 2.75) is 37.6 Å². The van der Waals surface area contributed by atoms with Crippen LogP contribution >= 0.6 is 0 Å². The molecule has 2 fully saturated rings. The molecule has 0 spiro atoms. The van der Waals surface area contributed by atoms with E-state index in [1.54, 1.807) is 7.11 Å². The summed E-state index contributed by atoms with van der Waals surface area (Å²) in [5.41, 5.74) is 7.24. The highest BCUT2D eigenvalue weighted by molar-refractivity contribution is 5.95. The highest BCUT2D eigenvalue weighted by Crippen LogP contribution is 2.40. The second kappa shape index (κ2) is 7.53. The molecule has 0 bridgehead atoms. The Morgan fingerprint density at radius 2 is 1.79 bits per heavy atom. The Kier molecular flexibility index (Phi) is 5.41. The minimum atomic E-state index is -0.356. The van der Waals surface area contributed by atoms with Gasteiger partial charge in [-0.15, -0.1) is 0 Å². The zero-order valence-corrected chi connectivity index (χ0v) is 14.8. The predicted molar refractivity (Wildman–Crippen MR) is 95.6 cm³/mol. The third-order valence-electron chi connectivity index (χ3n) is 5.71. The van der Waals surface area contributed by atoms with Gasteiger partial charge in [0.25, 0.3) is 0 Å². The summed E-state index contributed by atoms with van der Waals surface area (Å²) in [6.07, 6.45) is 4.56. The summed E-state index contributed by atoms with van der Waals surface area (Å²) >= 11 is 0. The molecule has 1 saturated heterocycles. The number of nitrogens with zero attached hydrogens (tertiary/aromatic N) is 2. The maximum atomic E-state index is 11.8. The van der Waals surface area contributed by atoms with Gasteiger partial charge < -0.3 is 15.4 Å². The Morgan fingerprint density at radius 1 is 1.12 bits per heavy atom. The van der Waals surface area contributed by atoms with Crippen LogP contribution in [0.2, 0.25) is 0 Å². The molecular weight excluding hydrogens is 302 g/mol. The van der Waals surface area contributed by atoms with E-state index in [-0.39, 0.29) is 5.91 Å². The third-order valence-corrected chi connectivity index (χ3v) is 5.71. The number of piperazine rings is 1. The summed E-state index contributed by atoms with van der Waals surface area (Å²) in [6.45, 7) is 4.68. The Balaban J connectivity index is 1.70. The molecule has 1 heterocycles. The first-order chi connectivity index (χ1) is 11.6. The average molecular weight is 331 g/mol. The molecule has 0 unspecified atom stereocenters. The van der Waals surface area contributed by atoms with Gasteiger partial charge in [0, 0.05) is 43.3 Å². The lowest BCUT2D eigenvalue weighted by Gasteiger charge is -2.41. The summed E-state index contributed by atoms with van der Waals surface area (Å²) in [5.74, 6) is 0.812. The van der Waals surface area contributed by atoms with E-state index >= 15 is 0 Å². The largest absolute Gasteiger partial charge is 0.496 e. The normalized spacial score (nSPS) is 26.2. The maximum Gasteiger partial charge on any atom is 0.249 e. The van der Waals surface area contributed by atoms with Gasteiger partial charge in [-0.05, 0) is 50.8 Å². The molecule has 3 rings (SSSR count). The molecule has 2 aliphatic rings. The van der Waals surface area contributed by atoms with Crippen LogP contribution in [0.5, 0.6) is 5.75 Å². The average Bonchev–Trinajstić information content (AvgIpc) is 2.62. The van der Waals surface area contributed by atoms with Crippen molar-refractivity contribution >= 4 is 5.91 Å². The number of carbonyl (C=O) groups is 1. The summed E-state index contributed by atoms with van der Waals surface area (Å²) in [6, 6.07) is 6.29. The number of rotatable bonds is 4. The van der Waals surface area contributed by atoms with E-state index in [2.05, 4.69) is 16.8 Å². The number of ether oxygens (including phenoxy) is 1. The summed E-state index contributed by atoms with van der Waals surface area (Å²) in [4.78, 5) is 16.9. The van der Waals surface area contributed by atoms with Crippen molar-refractivity contribution in [1.82, 2.24) is 9.80 Å². The zero-order valence-electron chi connectivity index (χ0n) is 14.8. The number of amides is 1. The lowest BCUT2D eigenvalue weighted by Crippen LogP contribution is -2.49. The second-order valence-corrected chi connectivity index (χ2v) is 7.13. The number of likely N-dealkylation sites (N-methyl/N-ethyl adjacent to an activating group) is 1. The van der Waals surface area contributed by atoms with E-state index in [9.17, 15) is 4.79 Å². The Bertz CT molecular complexity index is 574. The van der Waals surface area contributed by atoms with Gasteiger partial charge in [0.2, 0.25) is 5.91 Å². The number of carbonyl (C=O) groups excluding carboxylic acids is 1. The topological polar surface area (TPSA) is 58.8 Å². The molecule has 0 atom stereocenters. The lowest BCUT2D eigenvalue weighted by atomic mass is 9.79. The molecule has 1 amide bonds. The first-order valence-corrected chi connectivity index (χ1v) is 8.99. The molecule has 0 radical (unpaired) electrons. The first kappa shape index (κ1) is 17.2. The van der Waals surface area contributed by atoms with Crippen molar-refractivity contribution in [1.29, 1.82) is 0 Å². The smallest absolute Gasteiger partial charge is 0.249 e. The van der Waals surface area contributed by atoms with E-state index in [1.807, 2.05) is 18.2 Å². The summed E-state index contributed by atoms with van der Waals surface area (Å²) in [5, 5.41) is 0. The minimum absolute atomic E-state index is 0.356. The van der Waals surface area contributed by atoms with Crippen molar-refractivity contribution in [2.24, 2.45) is 5.73 Å². The molecule has 1 aromatic rings. The SMILES string of the molecule is COc1cccc(C(N)=O)c1[C@H]1CC[C@H](N2CCN(C)CC2)CC1. The van der Waals surface area contributed by atoms with Gasteiger partial charge in [-0.1, -0.05) is 6.07 Å². The van der Waals surface area contributed by atoms with Gasteiger partial charge in [0.1, 0.15) is 5.75 Å². The minimum Gasteiger partial charge on any atom is -0.496 e. The molecule has 5 nitrogen and oxygen atoms in total. The molecular formula is C19H29N3O2. The van der Waals surface area contributed by atoms with Crippen LogP contribution < -0.4 is 10.5 Å². The van der Waals surface area contributed by atoms with Crippen LogP contribution in [0.15, 0.2) is 18.2 Å². The summed E-state index contributed by atoms with van der Waals surface area (Å²) in [7, 11) is 3.86. The standard InChI is InChI=1S/C19H29N3O2/c1-21-10-12-22(13-11-21)15-8-6-14(7-9-15)18-16(19(20)23)4-3-5-17(18)24-2/h3-5,14-15H,6-13H2,1-2H3,(H2,20,23)/t14-,15-. The van der Waals surface area contributed by atoms with E-state index < -0.39 is 0 Å². The van der Waals surface area contributed by atoms with Crippen molar-refractivity contribution < 1.29 is 9.53 Å². The first-order valence-electron chi connectivity index (χ1n) is 8.99. The van der Waals surface area contributed by atoms with Crippen LogP contribution in [0.3, 0.4) is 0 Å². The van der Waals surface area contributed by atoms with Gasteiger partial charge in [0.05, 0.1) is 7.11 Å². The van der Waals surface area contributed by atoms with Crippen LogP contribution in [-0.4, -0.2) is 62.1 Å². The molecule has 24 heavy (non-hydrogen) atoms. The molecule has 0 aromatic heterocycles. The molecule has 5 heteroatoms. The van der Waals surface area contributed by atoms with Crippen LogP contribution in [0.25, 0.3) is 0 Å². The van der Waals surface area contributed by atoms with Crippen molar-refractivity contribution in [3.8, 4) is 5.75 Å². The van der Waals surface area contributed by atoms with E-state index in [0.29, 0.717) is 17.5 Å². The Labute approximate surface area is 144 Å². The van der Waals surface area contributed by atoms with E-state index in [1.165, 1.54) is 25.9 Å². The van der Waals surface area contributed by atoms with Crippen LogP contribution in [-0.2, 0) is 0 Å². The number of hydrogen-bond acceptors (Lipinski definition) is 4. The van der Waals surface area contributed by atoms with Crippen molar-refractivity contribution in [2.75, 3.05) is 40.3 Å².